The molecule has 0 spiro atoms. The summed E-state index contributed by atoms with van der Waals surface area (Å²) in [5.41, 5.74) is 7.36. The summed E-state index contributed by atoms with van der Waals surface area (Å²) in [6, 6.07) is 7.01. The first-order valence-electron chi connectivity index (χ1n) is 10.2. The second kappa shape index (κ2) is 5.34. The van der Waals surface area contributed by atoms with E-state index in [0.717, 1.165) is 12.8 Å². The maximum atomic E-state index is 2.67. The minimum atomic E-state index is 0.0754. The fraction of sp³-hybridized carbons (Fsp3) is 0.542. The van der Waals surface area contributed by atoms with Gasteiger partial charge in [-0.15, -0.1) is 0 Å². The molecule has 1 aliphatic heterocycles. The van der Waals surface area contributed by atoms with Crippen LogP contribution in [0.1, 0.15) is 82.8 Å². The lowest BCUT2D eigenvalue weighted by Crippen LogP contribution is -2.67. The minimum Gasteiger partial charge on any atom is -0.221 e. The van der Waals surface area contributed by atoms with Crippen molar-refractivity contribution in [2.24, 2.45) is 0 Å². The van der Waals surface area contributed by atoms with Gasteiger partial charge in [0.25, 0.3) is 5.65 Å². The molecule has 1 aliphatic rings. The summed E-state index contributed by atoms with van der Waals surface area (Å²) >= 11 is 0. The molecule has 4 rings (SSSR count). The van der Waals surface area contributed by atoms with Gasteiger partial charge >= 0.3 is 0 Å². The summed E-state index contributed by atoms with van der Waals surface area (Å²) in [4.78, 5) is 0. The topological polar surface area (TPSA) is 8.29 Å². The van der Waals surface area contributed by atoms with Gasteiger partial charge in [0, 0.05) is 24.8 Å². The quantitative estimate of drug-likeness (QED) is 0.518. The minimum absolute atomic E-state index is 0.0754. The summed E-state index contributed by atoms with van der Waals surface area (Å²) in [5, 5.41) is 2.92. The molecule has 0 aliphatic carbocycles. The first kappa shape index (κ1) is 17.6. The third kappa shape index (κ3) is 1.76. The van der Waals surface area contributed by atoms with Crippen LogP contribution in [0.3, 0.4) is 0 Å². The van der Waals surface area contributed by atoms with Gasteiger partial charge < -0.3 is 0 Å². The Morgan fingerprint density at radius 3 is 2.35 bits per heavy atom. The Morgan fingerprint density at radius 1 is 1.08 bits per heavy atom. The lowest BCUT2D eigenvalue weighted by molar-refractivity contribution is -0.755. The van der Waals surface area contributed by atoms with E-state index in [1.54, 1.807) is 0 Å². The lowest BCUT2D eigenvalue weighted by Gasteiger charge is -2.47. The molecule has 2 unspecified atom stereocenters. The van der Waals surface area contributed by atoms with Crippen LogP contribution >= 0.6 is 0 Å². The van der Waals surface area contributed by atoms with Gasteiger partial charge in [-0.2, -0.15) is 4.40 Å². The summed E-state index contributed by atoms with van der Waals surface area (Å²) in [5.74, 6) is 0.512. The summed E-state index contributed by atoms with van der Waals surface area (Å²) in [6.45, 7) is 18.9. The predicted molar refractivity (Wildman–Crippen MR) is 110 cm³/mol. The van der Waals surface area contributed by atoms with Crippen LogP contribution in [0.2, 0.25) is 0 Å². The van der Waals surface area contributed by atoms with E-state index in [1.165, 1.54) is 38.9 Å². The van der Waals surface area contributed by atoms with Crippen molar-refractivity contribution in [3.8, 4) is 0 Å². The van der Waals surface area contributed by atoms with E-state index in [-0.39, 0.29) is 11.0 Å². The van der Waals surface area contributed by atoms with Crippen molar-refractivity contribution < 1.29 is 4.57 Å². The van der Waals surface area contributed by atoms with Crippen molar-refractivity contribution in [1.82, 2.24) is 4.40 Å². The highest BCUT2D eigenvalue weighted by molar-refractivity contribution is 5.99. The molecule has 0 amide bonds. The molecule has 3 heterocycles. The normalized spacial score (nSPS) is 25.1. The fourth-order valence-corrected chi connectivity index (χ4v) is 5.57. The average molecular weight is 350 g/mol. The van der Waals surface area contributed by atoms with Crippen molar-refractivity contribution in [3.05, 3.63) is 46.9 Å². The van der Waals surface area contributed by atoms with E-state index in [4.69, 9.17) is 0 Å². The zero-order valence-corrected chi connectivity index (χ0v) is 17.7. The van der Waals surface area contributed by atoms with Gasteiger partial charge in [-0.3, -0.25) is 0 Å². The number of pyridine rings is 1. The Kier molecular flexibility index (Phi) is 3.61. The zero-order valence-electron chi connectivity index (χ0n) is 17.7. The van der Waals surface area contributed by atoms with Gasteiger partial charge in [0.1, 0.15) is 23.1 Å². The second-order valence-electron chi connectivity index (χ2n) is 8.98. The van der Waals surface area contributed by atoms with Crippen LogP contribution in [0.15, 0.2) is 24.4 Å². The highest BCUT2D eigenvalue weighted by atomic mass is 15.2. The van der Waals surface area contributed by atoms with Crippen LogP contribution in [0.5, 0.6) is 0 Å². The second-order valence-corrected chi connectivity index (χ2v) is 8.98. The first-order valence-corrected chi connectivity index (χ1v) is 10.2. The number of aromatic nitrogens is 2. The maximum absolute atomic E-state index is 2.67. The SMILES string of the molecule is CCC1(C)c2cccc3c(C(C)C)cn4c(C)c(C)[n+](c4c23)C1(C)CC. The monoisotopic (exact) mass is 349 g/mol. The molecule has 3 aromatic rings. The van der Waals surface area contributed by atoms with E-state index < -0.39 is 0 Å². The molecule has 2 atom stereocenters. The largest absolute Gasteiger partial charge is 0.295 e. The number of hydrogen-bond donors (Lipinski definition) is 0. The third-order valence-electron chi connectivity index (χ3n) is 7.82. The summed E-state index contributed by atoms with van der Waals surface area (Å²) in [7, 11) is 0. The molecule has 0 bridgehead atoms. The number of rotatable bonds is 3. The van der Waals surface area contributed by atoms with E-state index in [1.807, 2.05) is 0 Å². The van der Waals surface area contributed by atoms with Crippen molar-refractivity contribution in [3.63, 3.8) is 0 Å². The molecule has 0 N–H and O–H groups in total. The van der Waals surface area contributed by atoms with Crippen molar-refractivity contribution >= 4 is 16.4 Å². The number of nitrogens with zero attached hydrogens (tertiary/aromatic N) is 2. The van der Waals surface area contributed by atoms with Crippen molar-refractivity contribution in [2.45, 2.75) is 85.1 Å². The maximum Gasteiger partial charge on any atom is 0.295 e. The van der Waals surface area contributed by atoms with Crippen LogP contribution in [0, 0.1) is 13.8 Å². The van der Waals surface area contributed by atoms with Gasteiger partial charge in [0.05, 0.1) is 5.39 Å². The van der Waals surface area contributed by atoms with Gasteiger partial charge in [0.15, 0.2) is 0 Å². The Morgan fingerprint density at radius 2 is 1.77 bits per heavy atom. The summed E-state index contributed by atoms with van der Waals surface area (Å²) < 4.78 is 5.14. The van der Waals surface area contributed by atoms with Crippen molar-refractivity contribution in [2.75, 3.05) is 0 Å². The standard InChI is InChI=1S/C24H33N2/c1-9-23(7)20-13-11-12-18-19(15(3)4)14-25-16(5)17(6)26(22(25)21(18)20)24(23,8)10-2/h11-15H,9-10H2,1-8H3/q+1. The Bertz CT molecular complexity index is 1040. The van der Waals surface area contributed by atoms with Crippen LogP contribution < -0.4 is 4.57 Å². The molecule has 2 heteroatoms. The van der Waals surface area contributed by atoms with Gasteiger partial charge in [-0.05, 0) is 36.6 Å². The lowest BCUT2D eigenvalue weighted by atomic mass is 9.61. The summed E-state index contributed by atoms with van der Waals surface area (Å²) in [6.07, 6.45) is 4.67. The molecule has 0 saturated carbocycles. The van der Waals surface area contributed by atoms with Crippen LogP contribution in [-0.4, -0.2) is 4.40 Å². The molecular formula is C24H33N2+. The molecular weight excluding hydrogens is 316 g/mol. The van der Waals surface area contributed by atoms with Gasteiger partial charge in [-0.1, -0.05) is 52.8 Å². The van der Waals surface area contributed by atoms with E-state index in [2.05, 4.69) is 88.8 Å². The van der Waals surface area contributed by atoms with E-state index >= 15 is 0 Å². The third-order valence-corrected chi connectivity index (χ3v) is 7.82. The predicted octanol–water partition coefficient (Wildman–Crippen LogP) is 5.93. The molecule has 2 aromatic heterocycles. The van der Waals surface area contributed by atoms with Crippen molar-refractivity contribution in [1.29, 1.82) is 0 Å². The average Bonchev–Trinajstić information content (AvgIpc) is 2.89. The first-order chi connectivity index (χ1) is 12.2. The molecule has 0 radical (unpaired) electrons. The van der Waals surface area contributed by atoms with E-state index in [9.17, 15) is 0 Å². The molecule has 0 fully saturated rings. The fourth-order valence-electron chi connectivity index (χ4n) is 5.57. The van der Waals surface area contributed by atoms with Crippen LogP contribution in [0.4, 0.5) is 0 Å². The molecule has 0 saturated heterocycles. The van der Waals surface area contributed by atoms with Crippen LogP contribution in [0.25, 0.3) is 16.4 Å². The molecule has 2 nitrogen and oxygen atoms in total. The van der Waals surface area contributed by atoms with E-state index in [0.29, 0.717) is 5.92 Å². The Hall–Kier alpha value is -1.83. The zero-order chi connectivity index (χ0) is 19.0. The highest BCUT2D eigenvalue weighted by Gasteiger charge is 2.54. The Labute approximate surface area is 157 Å². The number of aryl methyl sites for hydroxylation is 1. The molecule has 26 heavy (non-hydrogen) atoms. The number of imidazole rings is 1. The number of hydrogen-bond acceptors (Lipinski definition) is 0. The van der Waals surface area contributed by atoms with Gasteiger partial charge in [0.2, 0.25) is 0 Å². The molecule has 1 aromatic carbocycles. The number of benzene rings is 1. The van der Waals surface area contributed by atoms with Crippen LogP contribution in [-0.2, 0) is 11.0 Å². The van der Waals surface area contributed by atoms with Gasteiger partial charge in [-0.25, -0.2) is 4.57 Å². The smallest absolute Gasteiger partial charge is 0.221 e. The molecule has 138 valence electrons. The Balaban J connectivity index is 2.38. The highest BCUT2D eigenvalue weighted by Crippen LogP contribution is 2.50.